The van der Waals surface area contributed by atoms with Gasteiger partial charge in [0, 0.05) is 12.6 Å². The van der Waals surface area contributed by atoms with Crippen LogP contribution < -0.4 is 0 Å². The first kappa shape index (κ1) is 14.8. The van der Waals surface area contributed by atoms with Crippen molar-refractivity contribution < 1.29 is 5.11 Å². The standard InChI is InChI=1S/C18H33NO/c1-13(2)15-8-9-18(20)16(11-15)12-19-10-4-6-14-5-3-7-17(14)19/h13-18,20H,3-12H2,1-2H3. The molecule has 1 N–H and O–H groups in total. The van der Waals surface area contributed by atoms with Crippen LogP contribution in [0.5, 0.6) is 0 Å². The highest BCUT2D eigenvalue weighted by Gasteiger charge is 2.38. The van der Waals surface area contributed by atoms with Crippen LogP contribution in [0.4, 0.5) is 0 Å². The first-order valence-corrected chi connectivity index (χ1v) is 9.07. The molecule has 116 valence electrons. The molecule has 2 nitrogen and oxygen atoms in total. The number of aliphatic hydroxyl groups excluding tert-OH is 1. The van der Waals surface area contributed by atoms with Crippen molar-refractivity contribution in [2.45, 2.75) is 77.4 Å². The molecule has 1 heterocycles. The molecule has 0 aromatic rings. The van der Waals surface area contributed by atoms with E-state index in [1.165, 1.54) is 58.0 Å². The molecule has 2 aliphatic carbocycles. The molecule has 0 aromatic carbocycles. The van der Waals surface area contributed by atoms with E-state index in [0.29, 0.717) is 5.92 Å². The number of piperidine rings is 1. The highest BCUT2D eigenvalue weighted by Crippen LogP contribution is 2.39. The number of rotatable bonds is 3. The van der Waals surface area contributed by atoms with E-state index in [1.807, 2.05) is 0 Å². The van der Waals surface area contributed by atoms with E-state index in [1.54, 1.807) is 0 Å². The summed E-state index contributed by atoms with van der Waals surface area (Å²) < 4.78 is 0. The topological polar surface area (TPSA) is 23.5 Å². The van der Waals surface area contributed by atoms with Crippen molar-refractivity contribution in [2.24, 2.45) is 23.7 Å². The Morgan fingerprint density at radius 1 is 1.05 bits per heavy atom. The zero-order chi connectivity index (χ0) is 14.1. The molecule has 3 aliphatic rings. The molecule has 0 bridgehead atoms. The Hall–Kier alpha value is -0.0800. The van der Waals surface area contributed by atoms with E-state index >= 15 is 0 Å². The van der Waals surface area contributed by atoms with E-state index in [-0.39, 0.29) is 6.10 Å². The van der Waals surface area contributed by atoms with Crippen LogP contribution >= 0.6 is 0 Å². The minimum Gasteiger partial charge on any atom is -0.393 e. The summed E-state index contributed by atoms with van der Waals surface area (Å²) in [6.45, 7) is 7.17. The SMILES string of the molecule is CC(C)C1CCC(O)C(CN2CCCC3CCCC32)C1. The van der Waals surface area contributed by atoms with E-state index < -0.39 is 0 Å². The molecule has 0 aromatic heterocycles. The Kier molecular flexibility index (Phi) is 4.72. The van der Waals surface area contributed by atoms with E-state index in [4.69, 9.17) is 0 Å². The minimum absolute atomic E-state index is 0.0354. The van der Waals surface area contributed by atoms with Gasteiger partial charge >= 0.3 is 0 Å². The van der Waals surface area contributed by atoms with Gasteiger partial charge < -0.3 is 5.11 Å². The lowest BCUT2D eigenvalue weighted by atomic mass is 9.74. The van der Waals surface area contributed by atoms with Crippen molar-refractivity contribution in [3.63, 3.8) is 0 Å². The van der Waals surface area contributed by atoms with Gasteiger partial charge in [0.15, 0.2) is 0 Å². The summed E-state index contributed by atoms with van der Waals surface area (Å²) in [5, 5.41) is 10.4. The molecule has 5 unspecified atom stereocenters. The maximum atomic E-state index is 10.4. The Morgan fingerprint density at radius 2 is 1.85 bits per heavy atom. The highest BCUT2D eigenvalue weighted by atomic mass is 16.3. The van der Waals surface area contributed by atoms with Crippen LogP contribution in [-0.4, -0.2) is 35.2 Å². The fourth-order valence-electron chi connectivity index (χ4n) is 5.17. The second kappa shape index (κ2) is 6.36. The first-order chi connectivity index (χ1) is 9.65. The predicted molar refractivity (Wildman–Crippen MR) is 83.6 cm³/mol. The molecular formula is C18H33NO. The summed E-state index contributed by atoms with van der Waals surface area (Å²) in [5.74, 6) is 3.14. The number of nitrogens with zero attached hydrogens (tertiary/aromatic N) is 1. The Labute approximate surface area is 124 Å². The van der Waals surface area contributed by atoms with Gasteiger partial charge in [0.05, 0.1) is 6.10 Å². The summed E-state index contributed by atoms with van der Waals surface area (Å²) in [6, 6.07) is 0.857. The van der Waals surface area contributed by atoms with Crippen molar-refractivity contribution in [1.29, 1.82) is 0 Å². The monoisotopic (exact) mass is 279 g/mol. The number of fused-ring (bicyclic) bond motifs is 1. The molecule has 20 heavy (non-hydrogen) atoms. The normalized spacial score (nSPS) is 42.9. The number of hydrogen-bond donors (Lipinski definition) is 1. The van der Waals surface area contributed by atoms with Gasteiger partial charge in [0.2, 0.25) is 0 Å². The largest absolute Gasteiger partial charge is 0.393 e. The van der Waals surface area contributed by atoms with E-state index in [2.05, 4.69) is 18.7 Å². The quantitative estimate of drug-likeness (QED) is 0.852. The summed E-state index contributed by atoms with van der Waals surface area (Å²) in [6.07, 6.45) is 10.7. The second-order valence-corrected chi connectivity index (χ2v) is 8.04. The molecule has 2 heteroatoms. The molecule has 0 radical (unpaired) electrons. The lowest BCUT2D eigenvalue weighted by Crippen LogP contribution is -2.48. The van der Waals surface area contributed by atoms with Crippen molar-refractivity contribution in [3.05, 3.63) is 0 Å². The zero-order valence-electron chi connectivity index (χ0n) is 13.4. The van der Waals surface area contributed by atoms with E-state index in [0.717, 1.165) is 30.2 Å². The molecule has 1 aliphatic heterocycles. The van der Waals surface area contributed by atoms with Crippen LogP contribution in [0.15, 0.2) is 0 Å². The third kappa shape index (κ3) is 3.06. The maximum Gasteiger partial charge on any atom is 0.0580 e. The summed E-state index contributed by atoms with van der Waals surface area (Å²) in [7, 11) is 0. The summed E-state index contributed by atoms with van der Waals surface area (Å²) in [5.41, 5.74) is 0. The molecular weight excluding hydrogens is 246 g/mol. The number of hydrogen-bond acceptors (Lipinski definition) is 2. The Bertz CT molecular complexity index is 317. The van der Waals surface area contributed by atoms with Gasteiger partial charge in [-0.05, 0) is 75.2 Å². The highest BCUT2D eigenvalue weighted by molar-refractivity contribution is 4.92. The molecule has 3 fully saturated rings. The van der Waals surface area contributed by atoms with Crippen LogP contribution in [-0.2, 0) is 0 Å². The average Bonchev–Trinajstić information content (AvgIpc) is 2.90. The number of likely N-dealkylation sites (tertiary alicyclic amines) is 1. The zero-order valence-corrected chi connectivity index (χ0v) is 13.4. The third-order valence-electron chi connectivity index (χ3n) is 6.50. The molecule has 5 atom stereocenters. The van der Waals surface area contributed by atoms with Crippen LogP contribution in [0, 0.1) is 23.7 Å². The summed E-state index contributed by atoms with van der Waals surface area (Å²) in [4.78, 5) is 2.76. The van der Waals surface area contributed by atoms with Crippen molar-refractivity contribution in [1.82, 2.24) is 4.90 Å². The van der Waals surface area contributed by atoms with Gasteiger partial charge in [0.25, 0.3) is 0 Å². The lowest BCUT2D eigenvalue weighted by Gasteiger charge is -2.43. The number of aliphatic hydroxyl groups is 1. The summed E-state index contributed by atoms with van der Waals surface area (Å²) >= 11 is 0. The molecule has 0 spiro atoms. The van der Waals surface area contributed by atoms with E-state index in [9.17, 15) is 5.11 Å². The average molecular weight is 279 g/mol. The molecule has 3 rings (SSSR count). The third-order valence-corrected chi connectivity index (χ3v) is 6.50. The second-order valence-electron chi connectivity index (χ2n) is 8.04. The predicted octanol–water partition coefficient (Wildman–Crippen LogP) is 3.68. The molecule has 1 saturated heterocycles. The van der Waals surface area contributed by atoms with Gasteiger partial charge in [-0.2, -0.15) is 0 Å². The van der Waals surface area contributed by atoms with Gasteiger partial charge in [-0.15, -0.1) is 0 Å². The molecule has 0 amide bonds. The Balaban J connectivity index is 1.60. The van der Waals surface area contributed by atoms with Crippen LogP contribution in [0.1, 0.15) is 65.2 Å². The van der Waals surface area contributed by atoms with Crippen LogP contribution in [0.2, 0.25) is 0 Å². The van der Waals surface area contributed by atoms with Crippen molar-refractivity contribution in [3.8, 4) is 0 Å². The minimum atomic E-state index is -0.0354. The smallest absolute Gasteiger partial charge is 0.0580 e. The van der Waals surface area contributed by atoms with Gasteiger partial charge in [0.1, 0.15) is 0 Å². The van der Waals surface area contributed by atoms with Crippen molar-refractivity contribution >= 4 is 0 Å². The fraction of sp³-hybridized carbons (Fsp3) is 1.00. The van der Waals surface area contributed by atoms with Crippen LogP contribution in [0.25, 0.3) is 0 Å². The molecule has 2 saturated carbocycles. The van der Waals surface area contributed by atoms with Gasteiger partial charge in [-0.3, -0.25) is 4.90 Å². The van der Waals surface area contributed by atoms with Gasteiger partial charge in [-0.1, -0.05) is 20.3 Å². The van der Waals surface area contributed by atoms with Crippen LogP contribution in [0.3, 0.4) is 0 Å². The lowest BCUT2D eigenvalue weighted by molar-refractivity contribution is -0.00106. The van der Waals surface area contributed by atoms with Crippen molar-refractivity contribution in [2.75, 3.05) is 13.1 Å². The maximum absolute atomic E-state index is 10.4. The van der Waals surface area contributed by atoms with Gasteiger partial charge in [-0.25, -0.2) is 0 Å². The Morgan fingerprint density at radius 3 is 2.65 bits per heavy atom. The first-order valence-electron chi connectivity index (χ1n) is 9.07. The fourth-order valence-corrected chi connectivity index (χ4v) is 5.17.